The predicted molar refractivity (Wildman–Crippen MR) is 95.6 cm³/mol. The Bertz CT molecular complexity index is 815. The average Bonchev–Trinajstić information content (AvgIpc) is 2.99. The van der Waals surface area contributed by atoms with Crippen molar-refractivity contribution in [1.82, 2.24) is 15.2 Å². The van der Waals surface area contributed by atoms with Gasteiger partial charge in [-0.1, -0.05) is 12.8 Å². The van der Waals surface area contributed by atoms with Gasteiger partial charge in [0.15, 0.2) is 0 Å². The smallest absolute Gasteiger partial charge is 0.317 e. The Morgan fingerprint density at radius 2 is 1.77 bits per heavy atom. The molecule has 2 fully saturated rings. The van der Waals surface area contributed by atoms with Crippen LogP contribution < -0.4 is 10.2 Å². The Morgan fingerprint density at radius 3 is 2.42 bits per heavy atom. The molecular weight excluding hydrogens is 328 g/mol. The zero-order chi connectivity index (χ0) is 18.1. The predicted octanol–water partition coefficient (Wildman–Crippen LogP) is 1.70. The fraction of sp³-hybridized carbons (Fsp3) is 0.579. The molecule has 3 aliphatic rings. The number of carbonyl (C=O) groups is 1. The largest absolute Gasteiger partial charge is 0.351 e. The van der Waals surface area contributed by atoms with Crippen LogP contribution in [0.25, 0.3) is 0 Å². The van der Waals surface area contributed by atoms with Crippen molar-refractivity contribution in [3.05, 3.63) is 22.4 Å². The van der Waals surface area contributed by atoms with E-state index in [0.717, 1.165) is 43.5 Å². The van der Waals surface area contributed by atoms with Crippen molar-refractivity contribution in [3.8, 4) is 12.1 Å². The van der Waals surface area contributed by atoms with E-state index >= 15 is 0 Å². The highest BCUT2D eigenvalue weighted by Gasteiger charge is 2.38. The molecule has 134 valence electrons. The van der Waals surface area contributed by atoms with Crippen LogP contribution in [0.1, 0.15) is 48.1 Å². The van der Waals surface area contributed by atoms with Crippen LogP contribution >= 0.6 is 0 Å². The Labute approximate surface area is 153 Å². The van der Waals surface area contributed by atoms with Gasteiger partial charge in [0, 0.05) is 31.9 Å². The first-order valence-corrected chi connectivity index (χ1v) is 9.38. The molecule has 1 aromatic heterocycles. The van der Waals surface area contributed by atoms with E-state index in [9.17, 15) is 15.3 Å². The number of urea groups is 1. The molecule has 0 unspecified atom stereocenters. The Hall–Kier alpha value is -2.80. The van der Waals surface area contributed by atoms with Crippen molar-refractivity contribution in [2.75, 3.05) is 31.1 Å². The SMILES string of the molecule is N#Cc1c(N2CC(N3CCNC3=O)C2)nc2c(c1C#N)CCCCCC2. The van der Waals surface area contributed by atoms with Crippen molar-refractivity contribution in [1.29, 1.82) is 10.5 Å². The van der Waals surface area contributed by atoms with Crippen LogP contribution in [0.2, 0.25) is 0 Å². The molecule has 0 aromatic carbocycles. The second kappa shape index (κ2) is 6.84. The molecule has 0 atom stereocenters. The van der Waals surface area contributed by atoms with Crippen molar-refractivity contribution in [2.24, 2.45) is 0 Å². The van der Waals surface area contributed by atoms with Gasteiger partial charge in [0.05, 0.1) is 11.6 Å². The standard InChI is InChI=1S/C19H22N6O/c20-9-15-14-5-3-1-2-4-6-17(14)23-18(16(15)10-21)24-11-13(12-24)25-8-7-22-19(25)26/h13H,1-8,11-12H2,(H,22,26). The molecule has 0 spiro atoms. The van der Waals surface area contributed by atoms with Gasteiger partial charge < -0.3 is 15.1 Å². The molecule has 7 heteroatoms. The van der Waals surface area contributed by atoms with Crippen LogP contribution in [0.4, 0.5) is 10.6 Å². The quantitative estimate of drug-likeness (QED) is 0.876. The third-order valence-electron chi connectivity index (χ3n) is 5.67. The summed E-state index contributed by atoms with van der Waals surface area (Å²) in [6.07, 6.45) is 6.18. The summed E-state index contributed by atoms with van der Waals surface area (Å²) < 4.78 is 0. The van der Waals surface area contributed by atoms with Gasteiger partial charge in [-0.05, 0) is 31.2 Å². The fourth-order valence-corrected chi connectivity index (χ4v) is 4.20. The maximum atomic E-state index is 11.8. The summed E-state index contributed by atoms with van der Waals surface area (Å²) in [5.41, 5.74) is 2.87. The van der Waals surface area contributed by atoms with E-state index in [4.69, 9.17) is 4.98 Å². The number of pyridine rings is 1. The molecule has 0 bridgehead atoms. The fourth-order valence-electron chi connectivity index (χ4n) is 4.20. The first-order valence-electron chi connectivity index (χ1n) is 9.38. The van der Waals surface area contributed by atoms with E-state index in [1.807, 2.05) is 9.80 Å². The molecule has 2 saturated heterocycles. The molecule has 7 nitrogen and oxygen atoms in total. The minimum Gasteiger partial charge on any atom is -0.351 e. The van der Waals surface area contributed by atoms with Crippen LogP contribution in [0.3, 0.4) is 0 Å². The number of anilines is 1. The lowest BCUT2D eigenvalue weighted by molar-refractivity contribution is 0.185. The molecule has 4 rings (SSSR count). The Morgan fingerprint density at radius 1 is 1.04 bits per heavy atom. The number of hydrogen-bond donors (Lipinski definition) is 1. The molecule has 2 amide bonds. The number of fused-ring (bicyclic) bond motifs is 1. The summed E-state index contributed by atoms with van der Waals surface area (Å²) in [4.78, 5) is 20.5. The zero-order valence-corrected chi connectivity index (χ0v) is 14.8. The molecule has 0 radical (unpaired) electrons. The van der Waals surface area contributed by atoms with Gasteiger partial charge in [0.1, 0.15) is 23.5 Å². The third-order valence-corrected chi connectivity index (χ3v) is 5.67. The molecule has 3 heterocycles. The average molecular weight is 350 g/mol. The molecule has 0 saturated carbocycles. The summed E-state index contributed by atoms with van der Waals surface area (Å²) in [5.74, 6) is 0.624. The van der Waals surface area contributed by atoms with Gasteiger partial charge in [-0.3, -0.25) is 0 Å². The van der Waals surface area contributed by atoms with E-state index in [1.165, 1.54) is 12.8 Å². The summed E-state index contributed by atoms with van der Waals surface area (Å²) in [6, 6.07) is 4.64. The minimum absolute atomic E-state index is 0.0148. The second-order valence-electron chi connectivity index (χ2n) is 7.23. The van der Waals surface area contributed by atoms with Crippen LogP contribution in [0.5, 0.6) is 0 Å². The van der Waals surface area contributed by atoms with Crippen molar-refractivity contribution >= 4 is 11.8 Å². The Kier molecular flexibility index (Phi) is 4.38. The number of nitrogens with zero attached hydrogens (tertiary/aromatic N) is 5. The van der Waals surface area contributed by atoms with E-state index in [1.54, 1.807) is 0 Å². The highest BCUT2D eigenvalue weighted by atomic mass is 16.2. The van der Waals surface area contributed by atoms with Gasteiger partial charge in [0.2, 0.25) is 0 Å². The third kappa shape index (κ3) is 2.74. The number of aromatic nitrogens is 1. The summed E-state index contributed by atoms with van der Waals surface area (Å²) in [5, 5.41) is 22.2. The number of nitrogens with one attached hydrogen (secondary N) is 1. The van der Waals surface area contributed by atoms with E-state index < -0.39 is 0 Å². The number of aryl methyl sites for hydroxylation is 1. The first kappa shape index (κ1) is 16.7. The maximum Gasteiger partial charge on any atom is 0.317 e. The molecular formula is C19H22N6O. The van der Waals surface area contributed by atoms with Crippen molar-refractivity contribution < 1.29 is 4.79 Å². The van der Waals surface area contributed by atoms with Gasteiger partial charge in [-0.15, -0.1) is 0 Å². The topological polar surface area (TPSA) is 96.1 Å². The number of nitriles is 2. The number of hydrogen-bond acceptors (Lipinski definition) is 5. The van der Waals surface area contributed by atoms with Crippen molar-refractivity contribution in [2.45, 2.75) is 44.6 Å². The number of rotatable bonds is 2. The molecule has 1 aliphatic carbocycles. The van der Waals surface area contributed by atoms with Crippen LogP contribution in [0.15, 0.2) is 0 Å². The lowest BCUT2D eigenvalue weighted by Crippen LogP contribution is -2.60. The summed E-state index contributed by atoms with van der Waals surface area (Å²) in [6.45, 7) is 2.75. The highest BCUT2D eigenvalue weighted by Crippen LogP contribution is 2.32. The molecule has 26 heavy (non-hydrogen) atoms. The van der Waals surface area contributed by atoms with E-state index in [2.05, 4.69) is 17.5 Å². The number of carbonyl (C=O) groups excluding carboxylic acids is 1. The van der Waals surface area contributed by atoms with Crippen LogP contribution in [0, 0.1) is 22.7 Å². The Balaban J connectivity index is 1.64. The molecule has 1 aromatic rings. The normalized spacial score (nSPS) is 20.3. The van der Waals surface area contributed by atoms with Crippen LogP contribution in [-0.4, -0.2) is 48.1 Å². The summed E-state index contributed by atoms with van der Waals surface area (Å²) in [7, 11) is 0. The maximum absolute atomic E-state index is 11.8. The van der Waals surface area contributed by atoms with Gasteiger partial charge >= 0.3 is 6.03 Å². The molecule has 1 N–H and O–H groups in total. The zero-order valence-electron chi connectivity index (χ0n) is 14.8. The van der Waals surface area contributed by atoms with Gasteiger partial charge in [0.25, 0.3) is 0 Å². The lowest BCUT2D eigenvalue weighted by atomic mass is 9.91. The van der Waals surface area contributed by atoms with E-state index in [0.29, 0.717) is 36.6 Å². The second-order valence-corrected chi connectivity index (χ2v) is 7.23. The number of amides is 2. The first-order chi connectivity index (χ1) is 12.7. The van der Waals surface area contributed by atoms with Gasteiger partial charge in [-0.2, -0.15) is 10.5 Å². The van der Waals surface area contributed by atoms with Crippen LogP contribution in [-0.2, 0) is 12.8 Å². The van der Waals surface area contributed by atoms with Gasteiger partial charge in [-0.25, -0.2) is 9.78 Å². The van der Waals surface area contributed by atoms with E-state index in [-0.39, 0.29) is 12.1 Å². The lowest BCUT2D eigenvalue weighted by Gasteiger charge is -2.44. The highest BCUT2D eigenvalue weighted by molar-refractivity contribution is 5.77. The molecule has 2 aliphatic heterocycles. The van der Waals surface area contributed by atoms with Crippen molar-refractivity contribution in [3.63, 3.8) is 0 Å². The minimum atomic E-state index is -0.0148. The monoisotopic (exact) mass is 350 g/mol. The summed E-state index contributed by atoms with van der Waals surface area (Å²) >= 11 is 0.